The molecular formula is C10H13N3O5S. The minimum atomic E-state index is -1.75. The Balaban J connectivity index is 2.15. The maximum atomic E-state index is 11.8. The first kappa shape index (κ1) is 13.7. The maximum absolute atomic E-state index is 11.8. The largest absolute Gasteiger partial charge is 0.480 e. The number of hydrogen-bond acceptors (Lipinski definition) is 5. The van der Waals surface area contributed by atoms with Gasteiger partial charge in [0.25, 0.3) is 0 Å². The molecule has 2 heterocycles. The van der Waals surface area contributed by atoms with Crippen LogP contribution in [0.2, 0.25) is 0 Å². The molecule has 0 spiro atoms. The second kappa shape index (κ2) is 4.41. The van der Waals surface area contributed by atoms with E-state index in [-0.39, 0.29) is 29.5 Å². The van der Waals surface area contributed by atoms with Crippen LogP contribution in [0, 0.1) is 5.41 Å². The molecule has 0 radical (unpaired) electrons. The molecule has 3 atom stereocenters. The van der Waals surface area contributed by atoms with Crippen molar-refractivity contribution in [2.24, 2.45) is 11.1 Å². The SMILES string of the molecule is CC(=O)NC1C(=O)N2CC(C(N)=O)(C(=O)O)CS[C@H]12. The Morgan fingerprint density at radius 2 is 2.16 bits per heavy atom. The zero-order chi connectivity index (χ0) is 14.4. The molecule has 2 saturated heterocycles. The normalized spacial score (nSPS) is 33.1. The van der Waals surface area contributed by atoms with Gasteiger partial charge in [-0.15, -0.1) is 11.8 Å². The number of fused-ring (bicyclic) bond motifs is 1. The number of amides is 3. The number of carboxylic acids is 1. The van der Waals surface area contributed by atoms with Crippen molar-refractivity contribution >= 4 is 35.5 Å². The predicted octanol–water partition coefficient (Wildman–Crippen LogP) is -2.04. The lowest BCUT2D eigenvalue weighted by Gasteiger charge is -2.52. The van der Waals surface area contributed by atoms with Crippen molar-refractivity contribution in [3.05, 3.63) is 0 Å². The smallest absolute Gasteiger partial charge is 0.321 e. The first-order valence-electron chi connectivity index (χ1n) is 5.52. The second-order valence-corrected chi connectivity index (χ2v) is 5.70. The number of carboxylic acid groups (broad SMARTS) is 1. The summed E-state index contributed by atoms with van der Waals surface area (Å²) >= 11 is 1.14. The Hall–Kier alpha value is -1.77. The average Bonchev–Trinajstić information content (AvgIpc) is 2.34. The topological polar surface area (TPSA) is 130 Å². The number of nitrogens with one attached hydrogen (secondary N) is 1. The summed E-state index contributed by atoms with van der Waals surface area (Å²) in [6.07, 6.45) is 0. The lowest BCUT2D eigenvalue weighted by atomic mass is 9.86. The molecule has 2 unspecified atom stereocenters. The Kier molecular flexibility index (Phi) is 3.17. The minimum Gasteiger partial charge on any atom is -0.480 e. The van der Waals surface area contributed by atoms with Crippen molar-refractivity contribution in [1.82, 2.24) is 10.2 Å². The fraction of sp³-hybridized carbons (Fsp3) is 0.600. The van der Waals surface area contributed by atoms with Gasteiger partial charge in [-0.3, -0.25) is 19.2 Å². The molecule has 3 amide bonds. The highest BCUT2D eigenvalue weighted by molar-refractivity contribution is 8.00. The van der Waals surface area contributed by atoms with Crippen molar-refractivity contribution in [1.29, 1.82) is 0 Å². The Bertz CT molecular complexity index is 466. The number of nitrogens with two attached hydrogens (primary N) is 1. The molecule has 4 N–H and O–H groups in total. The van der Waals surface area contributed by atoms with Crippen molar-refractivity contribution in [2.45, 2.75) is 18.3 Å². The first-order chi connectivity index (χ1) is 8.79. The van der Waals surface area contributed by atoms with Gasteiger partial charge in [-0.1, -0.05) is 0 Å². The number of β-lactam (4-membered cyclic amide) rings is 1. The van der Waals surface area contributed by atoms with E-state index in [4.69, 9.17) is 10.8 Å². The molecule has 8 nitrogen and oxygen atoms in total. The zero-order valence-corrected chi connectivity index (χ0v) is 10.9. The van der Waals surface area contributed by atoms with E-state index in [0.717, 1.165) is 11.8 Å². The number of thioether (sulfide) groups is 1. The van der Waals surface area contributed by atoms with Crippen LogP contribution in [0.4, 0.5) is 0 Å². The van der Waals surface area contributed by atoms with E-state index in [2.05, 4.69) is 5.32 Å². The Morgan fingerprint density at radius 3 is 2.63 bits per heavy atom. The summed E-state index contributed by atoms with van der Waals surface area (Å²) in [5, 5.41) is 11.3. The van der Waals surface area contributed by atoms with Gasteiger partial charge in [0.2, 0.25) is 17.7 Å². The summed E-state index contributed by atoms with van der Waals surface area (Å²) in [6, 6.07) is -0.651. The number of rotatable bonds is 3. The van der Waals surface area contributed by atoms with Crippen LogP contribution in [0.25, 0.3) is 0 Å². The predicted molar refractivity (Wildman–Crippen MR) is 64.8 cm³/mol. The van der Waals surface area contributed by atoms with Crippen LogP contribution in [-0.2, 0) is 19.2 Å². The maximum Gasteiger partial charge on any atom is 0.321 e. The molecule has 0 aromatic carbocycles. The molecule has 0 aliphatic carbocycles. The highest BCUT2D eigenvalue weighted by Gasteiger charge is 2.59. The highest BCUT2D eigenvalue weighted by atomic mass is 32.2. The fourth-order valence-corrected chi connectivity index (χ4v) is 3.73. The molecule has 2 rings (SSSR count). The number of carbonyl (C=O) groups excluding carboxylic acids is 3. The standard InChI is InChI=1S/C10H13N3O5S/c1-4(14)12-5-6(15)13-2-10(8(11)16,9(17)18)3-19-7(5)13/h5,7H,2-3H2,1H3,(H2,11,16)(H,12,14)(H,17,18)/t5?,7-,10?/m1/s1. The number of aliphatic carboxylic acids is 1. The molecule has 0 aromatic rings. The Morgan fingerprint density at radius 1 is 1.53 bits per heavy atom. The summed E-state index contributed by atoms with van der Waals surface area (Å²) in [5.41, 5.74) is 3.40. The lowest BCUT2D eigenvalue weighted by molar-refractivity contribution is -0.162. The summed E-state index contributed by atoms with van der Waals surface area (Å²) in [5.74, 6) is -3.02. The van der Waals surface area contributed by atoms with E-state index in [1.54, 1.807) is 0 Å². The fourth-order valence-electron chi connectivity index (χ4n) is 2.18. The minimum absolute atomic E-state index is 0.0117. The van der Waals surface area contributed by atoms with Gasteiger partial charge in [-0.05, 0) is 0 Å². The van der Waals surface area contributed by atoms with E-state index in [0.29, 0.717) is 0 Å². The molecule has 2 aliphatic rings. The highest BCUT2D eigenvalue weighted by Crippen LogP contribution is 2.42. The third kappa shape index (κ3) is 1.93. The third-order valence-electron chi connectivity index (χ3n) is 3.32. The number of primary amides is 1. The van der Waals surface area contributed by atoms with Gasteiger partial charge >= 0.3 is 5.97 Å². The summed E-state index contributed by atoms with van der Waals surface area (Å²) in [4.78, 5) is 46.7. The molecule has 104 valence electrons. The van der Waals surface area contributed by atoms with E-state index in [9.17, 15) is 19.2 Å². The number of hydrogen-bond donors (Lipinski definition) is 3. The van der Waals surface area contributed by atoms with Crippen LogP contribution >= 0.6 is 11.8 Å². The van der Waals surface area contributed by atoms with Gasteiger partial charge in [0.05, 0.1) is 0 Å². The van der Waals surface area contributed by atoms with Crippen LogP contribution in [0.15, 0.2) is 0 Å². The van der Waals surface area contributed by atoms with Gasteiger partial charge in [-0.2, -0.15) is 0 Å². The van der Waals surface area contributed by atoms with Crippen LogP contribution in [-0.4, -0.2) is 57.4 Å². The van der Waals surface area contributed by atoms with Crippen LogP contribution in [0.3, 0.4) is 0 Å². The molecule has 0 bridgehead atoms. The quantitative estimate of drug-likeness (QED) is 0.405. The monoisotopic (exact) mass is 287 g/mol. The average molecular weight is 287 g/mol. The summed E-state index contributed by atoms with van der Waals surface area (Å²) in [7, 11) is 0. The van der Waals surface area contributed by atoms with Crippen LogP contribution in [0.5, 0.6) is 0 Å². The van der Waals surface area contributed by atoms with Crippen molar-refractivity contribution in [3.8, 4) is 0 Å². The number of nitrogens with zero attached hydrogens (tertiary/aromatic N) is 1. The van der Waals surface area contributed by atoms with Gasteiger partial charge in [0.15, 0.2) is 5.41 Å². The Labute approximate surface area is 112 Å². The van der Waals surface area contributed by atoms with Gasteiger partial charge < -0.3 is 21.1 Å². The van der Waals surface area contributed by atoms with Crippen molar-refractivity contribution < 1.29 is 24.3 Å². The van der Waals surface area contributed by atoms with Crippen LogP contribution < -0.4 is 11.1 Å². The summed E-state index contributed by atoms with van der Waals surface area (Å²) in [6.45, 7) is 1.05. The lowest BCUT2D eigenvalue weighted by Crippen LogP contribution is -2.74. The first-order valence-corrected chi connectivity index (χ1v) is 6.57. The molecule has 2 aliphatic heterocycles. The molecule has 19 heavy (non-hydrogen) atoms. The van der Waals surface area contributed by atoms with E-state index >= 15 is 0 Å². The van der Waals surface area contributed by atoms with Crippen molar-refractivity contribution in [3.63, 3.8) is 0 Å². The second-order valence-electron chi connectivity index (χ2n) is 4.60. The summed E-state index contributed by atoms with van der Waals surface area (Å²) < 4.78 is 0. The van der Waals surface area contributed by atoms with Crippen molar-refractivity contribution in [2.75, 3.05) is 12.3 Å². The number of carbonyl (C=O) groups is 4. The molecule has 0 aromatic heterocycles. The van der Waals surface area contributed by atoms with Crippen LogP contribution in [0.1, 0.15) is 6.92 Å². The van der Waals surface area contributed by atoms with Gasteiger partial charge in [0.1, 0.15) is 11.4 Å². The third-order valence-corrected chi connectivity index (χ3v) is 4.85. The van der Waals surface area contributed by atoms with Gasteiger partial charge in [-0.25, -0.2) is 0 Å². The zero-order valence-electron chi connectivity index (χ0n) is 10.1. The van der Waals surface area contributed by atoms with E-state index < -0.39 is 23.3 Å². The molecule has 2 fully saturated rings. The van der Waals surface area contributed by atoms with E-state index in [1.807, 2.05) is 0 Å². The molecular weight excluding hydrogens is 274 g/mol. The molecule has 9 heteroatoms. The molecule has 0 saturated carbocycles. The van der Waals surface area contributed by atoms with E-state index in [1.165, 1.54) is 11.8 Å². The van der Waals surface area contributed by atoms with Gasteiger partial charge in [0, 0.05) is 19.2 Å².